The molecule has 60 heavy (non-hydrogen) atoms. The van der Waals surface area contributed by atoms with Crippen molar-refractivity contribution in [2.45, 2.75) is 87.7 Å². The highest BCUT2D eigenvalue weighted by Gasteiger charge is 2.24. The molecule has 0 atom stereocenters. The van der Waals surface area contributed by atoms with Gasteiger partial charge in [0.25, 0.3) is 11.8 Å². The number of allylic oxidation sites excluding steroid dienone is 2. The van der Waals surface area contributed by atoms with E-state index in [0.29, 0.717) is 76.7 Å². The van der Waals surface area contributed by atoms with Crippen molar-refractivity contribution in [3.63, 3.8) is 0 Å². The number of nitrogens with two attached hydrogens (primary N) is 1. The summed E-state index contributed by atoms with van der Waals surface area (Å²) < 4.78 is 20.4. The lowest BCUT2D eigenvalue weighted by Gasteiger charge is -2.12. The summed E-state index contributed by atoms with van der Waals surface area (Å²) in [6.45, 7) is 15.3. The average Bonchev–Trinajstić information content (AvgIpc) is 4.03. The first-order valence-electron chi connectivity index (χ1n) is 19.7. The molecule has 322 valence electrons. The van der Waals surface area contributed by atoms with Crippen LogP contribution in [0, 0.1) is 13.8 Å². The maximum atomic E-state index is 13.5. The van der Waals surface area contributed by atoms with Gasteiger partial charge in [-0.15, -0.1) is 0 Å². The van der Waals surface area contributed by atoms with Crippen LogP contribution in [0.3, 0.4) is 0 Å². The summed E-state index contributed by atoms with van der Waals surface area (Å²) >= 11 is 0. The number of imidazole rings is 2. The first kappa shape index (κ1) is 47.6. The van der Waals surface area contributed by atoms with Crippen molar-refractivity contribution in [2.24, 2.45) is 5.73 Å². The molecule has 6 N–H and O–H groups in total. The Bertz CT molecular complexity index is 2420. The standard InChI is InChI=1S/C36H37N9O9.2C2H6.CH5N/c1-5-23-29(53-19(3)38-23)32(48)42-35-40-25-14-21(18-47)15-27(52-13-9-12-46)28(25)44(35)10-7-8-11-45-31-26(16-22(17-37-31)34(50)51)41-36(45)43-33(49)30-24(6-2)39-20(4)54-30;3*1-2/h7-8,14-18,46H,5-6,9-13H2,1-4H3,(H,50,51)(H,40,42,48)(H,41,43,49);2*1-2H3;2H2,1H3/b8-7+;;;. The Balaban J connectivity index is 0.00000153. The van der Waals surface area contributed by atoms with Crippen LogP contribution in [0.2, 0.25) is 0 Å². The number of ether oxygens (including phenoxy) is 1. The predicted octanol–water partition coefficient (Wildman–Crippen LogP) is 6.16. The summed E-state index contributed by atoms with van der Waals surface area (Å²) in [7, 11) is 1.50. The van der Waals surface area contributed by atoms with Crippen LogP contribution in [-0.4, -0.2) is 88.6 Å². The quantitative estimate of drug-likeness (QED) is 0.0415. The number of carboxylic acids is 1. The van der Waals surface area contributed by atoms with Gasteiger partial charge in [0.05, 0.1) is 29.1 Å². The lowest BCUT2D eigenvalue weighted by atomic mass is 10.2. The third-order valence-corrected chi connectivity index (χ3v) is 8.24. The molecule has 6 rings (SSSR count). The van der Waals surface area contributed by atoms with Gasteiger partial charge in [0.1, 0.15) is 23.1 Å². The van der Waals surface area contributed by atoms with E-state index in [2.05, 4.69) is 41.3 Å². The third-order valence-electron chi connectivity index (χ3n) is 8.24. The number of fused-ring (bicyclic) bond motifs is 2. The van der Waals surface area contributed by atoms with Gasteiger partial charge in [-0.3, -0.25) is 29.6 Å². The lowest BCUT2D eigenvalue weighted by Crippen LogP contribution is -2.17. The Morgan fingerprint density at radius 2 is 1.35 bits per heavy atom. The van der Waals surface area contributed by atoms with Crippen molar-refractivity contribution in [3.05, 3.63) is 82.4 Å². The zero-order valence-electron chi connectivity index (χ0n) is 35.5. The van der Waals surface area contributed by atoms with E-state index in [1.54, 1.807) is 47.3 Å². The van der Waals surface area contributed by atoms with E-state index < -0.39 is 17.8 Å². The van der Waals surface area contributed by atoms with Crippen LogP contribution in [0.25, 0.3) is 22.2 Å². The van der Waals surface area contributed by atoms with Gasteiger partial charge in [-0.05, 0) is 38.1 Å². The van der Waals surface area contributed by atoms with Gasteiger partial charge in [0, 0.05) is 51.7 Å². The Morgan fingerprint density at radius 3 is 1.87 bits per heavy atom. The SMILES string of the molecule is CC.CC.CCc1nc(C)oc1C(=O)Nc1nc2cc(C(=O)O)cnc2n1C/C=C/Cn1c(NC(=O)c2oc(C)nc2CC)nc2cc(C=O)cc(OCCCO)c21.CN. The number of aliphatic hydroxyl groups is 1. The van der Waals surface area contributed by atoms with Crippen LogP contribution in [0.1, 0.15) is 113 Å². The summed E-state index contributed by atoms with van der Waals surface area (Å²) in [4.78, 5) is 72.3. The largest absolute Gasteiger partial charge is 0.491 e. The van der Waals surface area contributed by atoms with E-state index in [-0.39, 0.29) is 60.8 Å². The molecule has 0 fully saturated rings. The first-order valence-corrected chi connectivity index (χ1v) is 19.7. The molecule has 19 heteroatoms. The number of amides is 2. The van der Waals surface area contributed by atoms with E-state index >= 15 is 0 Å². The second-order valence-electron chi connectivity index (χ2n) is 12.0. The summed E-state index contributed by atoms with van der Waals surface area (Å²) in [6, 6.07) is 4.48. The van der Waals surface area contributed by atoms with Crippen LogP contribution >= 0.6 is 0 Å². The topological polar surface area (TPSA) is 269 Å². The smallest absolute Gasteiger partial charge is 0.337 e. The number of anilines is 2. The maximum absolute atomic E-state index is 13.5. The molecule has 0 bridgehead atoms. The van der Waals surface area contributed by atoms with E-state index in [9.17, 15) is 29.4 Å². The second-order valence-corrected chi connectivity index (χ2v) is 12.0. The minimum Gasteiger partial charge on any atom is -0.491 e. The van der Waals surface area contributed by atoms with Crippen LogP contribution in [-0.2, 0) is 25.9 Å². The van der Waals surface area contributed by atoms with Crippen molar-refractivity contribution in [1.29, 1.82) is 0 Å². The molecule has 0 aliphatic carbocycles. The first-order chi connectivity index (χ1) is 29.0. The molecular formula is C41H54N10O9. The molecule has 1 aromatic carbocycles. The van der Waals surface area contributed by atoms with Gasteiger partial charge in [-0.1, -0.05) is 53.7 Å². The Hall–Kier alpha value is -6.73. The molecule has 19 nitrogen and oxygen atoms in total. The Kier molecular flexibility index (Phi) is 18.3. The number of rotatable bonds is 16. The molecule has 2 amide bonds. The fourth-order valence-corrected chi connectivity index (χ4v) is 5.80. The fraction of sp³-hybridized carbons (Fsp3) is 0.390. The molecule has 0 spiro atoms. The molecule has 0 unspecified atom stereocenters. The summed E-state index contributed by atoms with van der Waals surface area (Å²) in [5.41, 5.74) is 7.05. The molecule has 0 aliphatic rings. The predicted molar refractivity (Wildman–Crippen MR) is 226 cm³/mol. The number of hydrogen-bond acceptors (Lipinski definition) is 14. The van der Waals surface area contributed by atoms with E-state index in [1.807, 2.05) is 41.5 Å². The van der Waals surface area contributed by atoms with Crippen molar-refractivity contribution in [3.8, 4) is 5.75 Å². The minimum absolute atomic E-state index is 0.0335. The zero-order valence-corrected chi connectivity index (χ0v) is 35.5. The summed E-state index contributed by atoms with van der Waals surface area (Å²) in [5.74, 6) is -1.08. The number of aldehydes is 1. The highest BCUT2D eigenvalue weighted by Crippen LogP contribution is 2.31. The van der Waals surface area contributed by atoms with Crippen molar-refractivity contribution in [2.75, 3.05) is 30.9 Å². The number of hydrogen-bond donors (Lipinski definition) is 5. The number of carbonyl (C=O) groups excluding carboxylic acids is 3. The highest BCUT2D eigenvalue weighted by molar-refractivity contribution is 6.04. The lowest BCUT2D eigenvalue weighted by molar-refractivity contribution is 0.0696. The molecule has 6 aromatic rings. The van der Waals surface area contributed by atoms with Gasteiger partial charge in [0.2, 0.25) is 23.4 Å². The number of benzene rings is 1. The van der Waals surface area contributed by atoms with E-state index in [4.69, 9.17) is 13.6 Å². The number of pyridine rings is 1. The molecule has 5 heterocycles. The minimum atomic E-state index is -1.19. The number of carboxylic acid groups (broad SMARTS) is 1. The second kappa shape index (κ2) is 23.0. The number of aromatic nitrogens is 7. The van der Waals surface area contributed by atoms with Crippen LogP contribution < -0.4 is 21.1 Å². The number of aliphatic hydroxyl groups excluding tert-OH is 1. The number of nitrogens with zero attached hydrogens (tertiary/aromatic N) is 7. The molecular weight excluding hydrogens is 777 g/mol. The summed E-state index contributed by atoms with van der Waals surface area (Å²) in [5, 5.41) is 24.5. The van der Waals surface area contributed by atoms with E-state index in [0.717, 1.165) is 0 Å². The molecule has 5 aromatic heterocycles. The van der Waals surface area contributed by atoms with Crippen molar-refractivity contribution >= 4 is 58.2 Å². The highest BCUT2D eigenvalue weighted by atomic mass is 16.5. The number of aromatic carboxylic acids is 1. The zero-order chi connectivity index (χ0) is 44.5. The monoisotopic (exact) mass is 830 g/mol. The number of carbonyl (C=O) groups is 4. The van der Waals surface area contributed by atoms with Gasteiger partial charge >= 0.3 is 5.97 Å². The van der Waals surface area contributed by atoms with Gasteiger partial charge in [0.15, 0.2) is 17.4 Å². The van der Waals surface area contributed by atoms with E-state index in [1.165, 1.54) is 19.3 Å². The molecule has 0 saturated carbocycles. The van der Waals surface area contributed by atoms with Gasteiger partial charge in [-0.2, -0.15) is 0 Å². The number of oxazole rings is 2. The molecule has 0 aliphatic heterocycles. The Labute approximate surface area is 347 Å². The number of nitrogens with one attached hydrogen (secondary N) is 2. The molecule has 0 saturated heterocycles. The van der Waals surface area contributed by atoms with Crippen molar-refractivity contribution < 1.29 is 43.0 Å². The fourth-order valence-electron chi connectivity index (χ4n) is 5.80. The third kappa shape index (κ3) is 11.1. The van der Waals surface area contributed by atoms with Crippen LogP contribution in [0.5, 0.6) is 5.75 Å². The normalized spacial score (nSPS) is 10.7. The van der Waals surface area contributed by atoms with Gasteiger partial charge < -0.3 is 34.1 Å². The average molecular weight is 831 g/mol. The van der Waals surface area contributed by atoms with Crippen molar-refractivity contribution in [1.82, 2.24) is 34.1 Å². The Morgan fingerprint density at radius 1 is 0.817 bits per heavy atom. The molecule has 0 radical (unpaired) electrons. The maximum Gasteiger partial charge on any atom is 0.337 e. The van der Waals surface area contributed by atoms with Gasteiger partial charge in [-0.25, -0.2) is 29.7 Å². The van der Waals surface area contributed by atoms with Crippen LogP contribution in [0.4, 0.5) is 11.9 Å². The number of aryl methyl sites for hydroxylation is 4. The van der Waals surface area contributed by atoms with Crippen LogP contribution in [0.15, 0.2) is 45.4 Å². The summed E-state index contributed by atoms with van der Waals surface area (Å²) in [6.07, 6.45) is 6.65.